The third kappa shape index (κ3) is 3.78. The van der Waals surface area contributed by atoms with Crippen molar-refractivity contribution in [3.8, 4) is 0 Å². The fourth-order valence-corrected chi connectivity index (χ4v) is 2.44. The summed E-state index contributed by atoms with van der Waals surface area (Å²) in [5, 5.41) is 16.6. The summed E-state index contributed by atoms with van der Waals surface area (Å²) in [7, 11) is 0. The number of aliphatic hydroxyl groups excluding tert-OH is 1. The molecule has 96 valence electrons. The van der Waals surface area contributed by atoms with Crippen molar-refractivity contribution >= 4 is 0 Å². The van der Waals surface area contributed by atoms with Crippen LogP contribution in [0.3, 0.4) is 0 Å². The predicted molar refractivity (Wildman–Crippen MR) is 65.7 cm³/mol. The van der Waals surface area contributed by atoms with Crippen LogP contribution in [0.2, 0.25) is 0 Å². The molecule has 17 heavy (non-hydrogen) atoms. The highest BCUT2D eigenvalue weighted by Gasteiger charge is 2.20. The smallest absolute Gasteiger partial charge is 0.0693 e. The lowest BCUT2D eigenvalue weighted by atomic mass is 10.0. The van der Waals surface area contributed by atoms with Crippen molar-refractivity contribution in [1.82, 2.24) is 19.9 Å². The van der Waals surface area contributed by atoms with Crippen LogP contribution in [-0.2, 0) is 0 Å². The molecule has 0 atom stereocenters. The Kier molecular flexibility index (Phi) is 4.94. The Balaban J connectivity index is 1.64. The van der Waals surface area contributed by atoms with Gasteiger partial charge in [-0.15, -0.1) is 5.10 Å². The van der Waals surface area contributed by atoms with Crippen molar-refractivity contribution in [1.29, 1.82) is 0 Å². The van der Waals surface area contributed by atoms with Gasteiger partial charge in [0.1, 0.15) is 0 Å². The summed E-state index contributed by atoms with van der Waals surface area (Å²) in [6.45, 7) is 3.81. The van der Waals surface area contributed by atoms with Crippen molar-refractivity contribution in [2.75, 3.05) is 26.2 Å². The molecule has 1 aromatic heterocycles. The summed E-state index contributed by atoms with van der Waals surface area (Å²) in [6, 6.07) is 0.534. The Morgan fingerprint density at radius 2 is 2.00 bits per heavy atom. The van der Waals surface area contributed by atoms with Gasteiger partial charge in [-0.25, -0.2) is 4.68 Å². The number of aromatic nitrogens is 3. The third-order valence-corrected chi connectivity index (χ3v) is 3.50. The van der Waals surface area contributed by atoms with E-state index in [1.807, 2.05) is 10.9 Å². The predicted octanol–water partition coefficient (Wildman–Crippen LogP) is 1.08. The maximum atomic E-state index is 8.71. The molecular formula is C12H22N4O. The molecule has 1 N–H and O–H groups in total. The number of rotatable bonds is 6. The van der Waals surface area contributed by atoms with Gasteiger partial charge in [0.05, 0.1) is 12.2 Å². The van der Waals surface area contributed by atoms with Crippen molar-refractivity contribution in [3.63, 3.8) is 0 Å². The molecule has 0 saturated carbocycles. The van der Waals surface area contributed by atoms with Gasteiger partial charge in [0.15, 0.2) is 0 Å². The van der Waals surface area contributed by atoms with E-state index in [1.54, 1.807) is 6.20 Å². The van der Waals surface area contributed by atoms with E-state index in [4.69, 9.17) is 5.11 Å². The Morgan fingerprint density at radius 1 is 1.18 bits per heavy atom. The van der Waals surface area contributed by atoms with Gasteiger partial charge in [-0.05, 0) is 38.6 Å². The van der Waals surface area contributed by atoms with Gasteiger partial charge < -0.3 is 10.0 Å². The monoisotopic (exact) mass is 238 g/mol. The maximum Gasteiger partial charge on any atom is 0.0693 e. The molecule has 5 nitrogen and oxygen atoms in total. The van der Waals surface area contributed by atoms with Crippen molar-refractivity contribution in [2.45, 2.75) is 38.1 Å². The summed E-state index contributed by atoms with van der Waals surface area (Å²) in [5.74, 6) is 0. The number of likely N-dealkylation sites (tertiary alicyclic amines) is 1. The van der Waals surface area contributed by atoms with Crippen molar-refractivity contribution < 1.29 is 5.11 Å². The minimum Gasteiger partial charge on any atom is -0.396 e. The van der Waals surface area contributed by atoms with E-state index in [0.29, 0.717) is 12.6 Å². The molecule has 1 aromatic rings. The van der Waals surface area contributed by atoms with Crippen LogP contribution in [0, 0.1) is 0 Å². The van der Waals surface area contributed by atoms with Gasteiger partial charge in [-0.2, -0.15) is 0 Å². The lowest BCUT2D eigenvalue weighted by Crippen LogP contribution is -2.35. The molecule has 0 amide bonds. The molecule has 0 aromatic carbocycles. The largest absolute Gasteiger partial charge is 0.396 e. The first-order chi connectivity index (χ1) is 8.40. The van der Waals surface area contributed by atoms with E-state index in [2.05, 4.69) is 15.2 Å². The molecule has 0 radical (unpaired) electrons. The lowest BCUT2D eigenvalue weighted by Gasteiger charge is -2.31. The van der Waals surface area contributed by atoms with Crippen LogP contribution in [0.15, 0.2) is 12.4 Å². The standard InChI is InChI=1S/C12H22N4O/c17-11-3-1-2-7-15-8-4-12(5-9-15)16-10-6-13-14-16/h6,10,12,17H,1-5,7-9,11H2. The molecule has 2 heterocycles. The van der Waals surface area contributed by atoms with E-state index < -0.39 is 0 Å². The minimum atomic E-state index is 0.328. The Labute approximate surface area is 102 Å². The first-order valence-corrected chi connectivity index (χ1v) is 6.59. The molecule has 2 rings (SSSR count). The average molecular weight is 238 g/mol. The van der Waals surface area contributed by atoms with Crippen molar-refractivity contribution in [3.05, 3.63) is 12.4 Å². The molecule has 0 spiro atoms. The second kappa shape index (κ2) is 6.71. The summed E-state index contributed by atoms with van der Waals surface area (Å²) in [5.41, 5.74) is 0. The van der Waals surface area contributed by atoms with Crippen LogP contribution in [0.4, 0.5) is 0 Å². The quantitative estimate of drug-likeness (QED) is 0.753. The number of unbranched alkanes of at least 4 members (excludes halogenated alkanes) is 2. The second-order valence-electron chi connectivity index (χ2n) is 4.74. The average Bonchev–Trinajstić information content (AvgIpc) is 2.89. The SMILES string of the molecule is OCCCCCN1CCC(n2ccnn2)CC1. The highest BCUT2D eigenvalue weighted by Crippen LogP contribution is 2.21. The normalized spacial score (nSPS) is 18.6. The maximum absolute atomic E-state index is 8.71. The zero-order valence-corrected chi connectivity index (χ0v) is 10.3. The molecular weight excluding hydrogens is 216 g/mol. The number of hydrogen-bond donors (Lipinski definition) is 1. The first kappa shape index (κ1) is 12.5. The van der Waals surface area contributed by atoms with E-state index in [9.17, 15) is 0 Å². The zero-order chi connectivity index (χ0) is 11.9. The summed E-state index contributed by atoms with van der Waals surface area (Å²) < 4.78 is 1.99. The molecule has 1 saturated heterocycles. The minimum absolute atomic E-state index is 0.328. The van der Waals surface area contributed by atoms with E-state index in [1.165, 1.54) is 25.8 Å². The summed E-state index contributed by atoms with van der Waals surface area (Å²) in [4.78, 5) is 2.52. The van der Waals surface area contributed by atoms with Crippen molar-refractivity contribution in [2.24, 2.45) is 0 Å². The van der Waals surface area contributed by atoms with E-state index >= 15 is 0 Å². The zero-order valence-electron chi connectivity index (χ0n) is 10.3. The molecule has 0 unspecified atom stereocenters. The molecule has 1 aliphatic heterocycles. The van der Waals surface area contributed by atoms with Crippen LogP contribution in [-0.4, -0.2) is 51.2 Å². The molecule has 1 fully saturated rings. The van der Waals surface area contributed by atoms with Crippen LogP contribution >= 0.6 is 0 Å². The number of aliphatic hydroxyl groups is 1. The van der Waals surface area contributed by atoms with E-state index in [-0.39, 0.29) is 0 Å². The number of hydrogen-bond acceptors (Lipinski definition) is 4. The molecule has 1 aliphatic rings. The molecule has 5 heteroatoms. The van der Waals surface area contributed by atoms with Crippen LogP contribution in [0.1, 0.15) is 38.1 Å². The van der Waals surface area contributed by atoms with Gasteiger partial charge in [0.2, 0.25) is 0 Å². The van der Waals surface area contributed by atoms with E-state index in [0.717, 1.165) is 25.9 Å². The first-order valence-electron chi connectivity index (χ1n) is 6.59. The van der Waals surface area contributed by atoms with Gasteiger partial charge in [-0.3, -0.25) is 0 Å². The highest BCUT2D eigenvalue weighted by atomic mass is 16.2. The summed E-state index contributed by atoms with van der Waals surface area (Å²) in [6.07, 6.45) is 9.33. The third-order valence-electron chi connectivity index (χ3n) is 3.50. The van der Waals surface area contributed by atoms with Crippen LogP contribution in [0.5, 0.6) is 0 Å². The fraction of sp³-hybridized carbons (Fsp3) is 0.833. The topological polar surface area (TPSA) is 54.2 Å². The number of piperidine rings is 1. The highest BCUT2D eigenvalue weighted by molar-refractivity contribution is 4.78. The van der Waals surface area contributed by atoms with Crippen LogP contribution < -0.4 is 0 Å². The lowest BCUT2D eigenvalue weighted by molar-refractivity contribution is 0.174. The van der Waals surface area contributed by atoms with Gasteiger partial charge in [0.25, 0.3) is 0 Å². The van der Waals surface area contributed by atoms with Gasteiger partial charge in [0, 0.05) is 25.9 Å². The summed E-state index contributed by atoms with van der Waals surface area (Å²) >= 11 is 0. The second-order valence-corrected chi connectivity index (χ2v) is 4.74. The fourth-order valence-electron chi connectivity index (χ4n) is 2.44. The Hall–Kier alpha value is -0.940. The van der Waals surface area contributed by atoms with Crippen LogP contribution in [0.25, 0.3) is 0 Å². The van der Waals surface area contributed by atoms with Gasteiger partial charge in [-0.1, -0.05) is 5.21 Å². The molecule has 0 aliphatic carbocycles. The Morgan fingerprint density at radius 3 is 2.65 bits per heavy atom. The Bertz CT molecular complexity index is 293. The molecule has 0 bridgehead atoms. The van der Waals surface area contributed by atoms with Gasteiger partial charge >= 0.3 is 0 Å². The number of nitrogens with zero attached hydrogens (tertiary/aromatic N) is 4.